The predicted molar refractivity (Wildman–Crippen MR) is 110 cm³/mol. The number of carbonyl (C=O) groups is 1. The van der Waals surface area contributed by atoms with Crippen LogP contribution in [0, 0.1) is 19.7 Å². The lowest BCUT2D eigenvalue weighted by molar-refractivity contribution is -0.137. The second kappa shape index (κ2) is 9.10. The normalized spacial score (nSPS) is 11.6. The third-order valence-corrected chi connectivity index (χ3v) is 5.00. The summed E-state index contributed by atoms with van der Waals surface area (Å²) in [6.07, 6.45) is -2.56. The molecule has 0 radical (unpaired) electrons. The van der Waals surface area contributed by atoms with Crippen molar-refractivity contribution in [2.75, 3.05) is 6.61 Å². The minimum Gasteiger partial charge on any atom is -0.462 e. The van der Waals surface area contributed by atoms with Crippen molar-refractivity contribution in [2.45, 2.75) is 46.7 Å². The Labute approximate surface area is 183 Å². The fraction of sp³-hybridized carbons (Fsp3) is 0.348. The Morgan fingerprint density at radius 2 is 1.84 bits per heavy atom. The molecule has 0 aliphatic heterocycles. The van der Waals surface area contributed by atoms with Gasteiger partial charge in [-0.2, -0.15) is 18.3 Å². The quantitative estimate of drug-likeness (QED) is 0.375. The highest BCUT2D eigenvalue weighted by Gasteiger charge is 2.31. The molecule has 3 aromatic rings. The monoisotopic (exact) mass is 449 g/mol. The number of hydrogen-bond acceptors (Lipinski definition) is 4. The standard InChI is InChI=1S/C23H23F4N3O2/c1-5-19-21(22(31)32-6-2)14(4)29-30(19)20-11-18(28-12-13(20)3)9-15-7-16(23(25,26)27)10-17(24)8-15/h7-8,10-12H,5-6,9H2,1-4H3. The summed E-state index contributed by atoms with van der Waals surface area (Å²) in [4.78, 5) is 16.7. The van der Waals surface area contributed by atoms with Crippen LogP contribution in [0.2, 0.25) is 0 Å². The van der Waals surface area contributed by atoms with Crippen LogP contribution in [0.1, 0.15) is 58.0 Å². The Balaban J connectivity index is 2.04. The van der Waals surface area contributed by atoms with Crippen LogP contribution in [0.25, 0.3) is 5.69 Å². The van der Waals surface area contributed by atoms with E-state index in [1.165, 1.54) is 0 Å². The maximum atomic E-state index is 13.8. The van der Waals surface area contributed by atoms with E-state index < -0.39 is 23.5 Å². The predicted octanol–water partition coefficient (Wildman–Crippen LogP) is 5.37. The van der Waals surface area contributed by atoms with Crippen molar-refractivity contribution in [3.63, 3.8) is 0 Å². The highest BCUT2D eigenvalue weighted by molar-refractivity contribution is 5.92. The zero-order chi connectivity index (χ0) is 23.6. The molecule has 2 heterocycles. The molecule has 9 heteroatoms. The summed E-state index contributed by atoms with van der Waals surface area (Å²) in [5.41, 5.74) is 2.51. The van der Waals surface area contributed by atoms with Gasteiger partial charge in [-0.1, -0.05) is 6.92 Å². The molecule has 0 spiro atoms. The van der Waals surface area contributed by atoms with E-state index in [0.717, 1.165) is 17.7 Å². The van der Waals surface area contributed by atoms with Crippen molar-refractivity contribution in [3.05, 3.63) is 75.6 Å². The number of alkyl halides is 3. The smallest absolute Gasteiger partial charge is 0.416 e. The zero-order valence-corrected chi connectivity index (χ0v) is 18.2. The number of carbonyl (C=O) groups excluding carboxylic acids is 1. The van der Waals surface area contributed by atoms with Crippen molar-refractivity contribution in [1.29, 1.82) is 0 Å². The van der Waals surface area contributed by atoms with E-state index >= 15 is 0 Å². The number of hydrogen-bond donors (Lipinski definition) is 0. The van der Waals surface area contributed by atoms with E-state index in [9.17, 15) is 22.4 Å². The van der Waals surface area contributed by atoms with Gasteiger partial charge in [0.1, 0.15) is 11.4 Å². The second-order valence-electron chi connectivity index (χ2n) is 7.38. The van der Waals surface area contributed by atoms with Crippen LogP contribution in [0.15, 0.2) is 30.5 Å². The molecule has 32 heavy (non-hydrogen) atoms. The van der Waals surface area contributed by atoms with Crippen molar-refractivity contribution >= 4 is 5.97 Å². The van der Waals surface area contributed by atoms with Crippen molar-refractivity contribution < 1.29 is 27.1 Å². The third kappa shape index (κ3) is 4.81. The number of nitrogens with zero attached hydrogens (tertiary/aromatic N) is 3. The molecular formula is C23H23F4N3O2. The molecule has 0 saturated heterocycles. The maximum absolute atomic E-state index is 13.8. The van der Waals surface area contributed by atoms with Gasteiger partial charge in [-0.25, -0.2) is 13.9 Å². The molecule has 0 fully saturated rings. The Morgan fingerprint density at radius 1 is 1.12 bits per heavy atom. The minimum absolute atomic E-state index is 0.000558. The van der Waals surface area contributed by atoms with E-state index in [0.29, 0.717) is 40.8 Å². The third-order valence-electron chi connectivity index (χ3n) is 5.00. The first-order chi connectivity index (χ1) is 15.0. The summed E-state index contributed by atoms with van der Waals surface area (Å²) < 4.78 is 59.7. The van der Waals surface area contributed by atoms with Crippen LogP contribution >= 0.6 is 0 Å². The minimum atomic E-state index is -4.64. The lowest BCUT2D eigenvalue weighted by Gasteiger charge is -2.13. The average molecular weight is 449 g/mol. The largest absolute Gasteiger partial charge is 0.462 e. The summed E-state index contributed by atoms with van der Waals surface area (Å²) in [7, 11) is 0. The van der Waals surface area contributed by atoms with Gasteiger partial charge in [-0.3, -0.25) is 4.98 Å². The molecule has 0 N–H and O–H groups in total. The molecule has 0 unspecified atom stereocenters. The lowest BCUT2D eigenvalue weighted by atomic mass is 10.0. The number of ether oxygens (including phenoxy) is 1. The molecule has 3 rings (SSSR count). The number of halogens is 4. The molecule has 0 bridgehead atoms. The van der Waals surface area contributed by atoms with Crippen LogP contribution < -0.4 is 0 Å². The molecule has 0 saturated carbocycles. The van der Waals surface area contributed by atoms with Crippen molar-refractivity contribution in [1.82, 2.24) is 14.8 Å². The summed E-state index contributed by atoms with van der Waals surface area (Å²) in [5.74, 6) is -1.42. The first kappa shape index (κ1) is 23.4. The molecule has 0 aliphatic rings. The van der Waals surface area contributed by atoms with E-state index in [4.69, 9.17) is 4.74 Å². The van der Waals surface area contributed by atoms with Crippen LogP contribution in [0.3, 0.4) is 0 Å². The molecule has 0 aliphatic carbocycles. The summed E-state index contributed by atoms with van der Waals surface area (Å²) in [5, 5.41) is 4.50. The topological polar surface area (TPSA) is 57.0 Å². The SMILES string of the molecule is CCOC(=O)c1c(C)nn(-c2cc(Cc3cc(F)cc(C(F)(F)F)c3)ncc2C)c1CC. The second-order valence-corrected chi connectivity index (χ2v) is 7.38. The van der Waals surface area contributed by atoms with Crippen LogP contribution in [-0.4, -0.2) is 27.3 Å². The van der Waals surface area contributed by atoms with E-state index in [-0.39, 0.29) is 18.6 Å². The molecule has 0 atom stereocenters. The Kier molecular flexibility index (Phi) is 6.66. The molecule has 170 valence electrons. The highest BCUT2D eigenvalue weighted by Crippen LogP contribution is 2.31. The molecule has 1 aromatic carbocycles. The van der Waals surface area contributed by atoms with E-state index in [1.807, 2.05) is 13.8 Å². The first-order valence-corrected chi connectivity index (χ1v) is 10.1. The van der Waals surface area contributed by atoms with Crippen LogP contribution in [0.5, 0.6) is 0 Å². The number of benzene rings is 1. The average Bonchev–Trinajstić information content (AvgIpc) is 3.04. The first-order valence-electron chi connectivity index (χ1n) is 10.1. The Morgan fingerprint density at radius 3 is 2.47 bits per heavy atom. The molecule has 2 aromatic heterocycles. The Bertz CT molecular complexity index is 1150. The van der Waals surface area contributed by atoms with Gasteiger partial charge in [0.05, 0.1) is 29.2 Å². The summed E-state index contributed by atoms with van der Waals surface area (Å²) in [6.45, 7) is 7.37. The summed E-state index contributed by atoms with van der Waals surface area (Å²) >= 11 is 0. The molecule has 5 nitrogen and oxygen atoms in total. The van der Waals surface area contributed by atoms with Crippen molar-refractivity contribution in [3.8, 4) is 5.69 Å². The van der Waals surface area contributed by atoms with Gasteiger partial charge < -0.3 is 4.74 Å². The number of esters is 1. The molecular weight excluding hydrogens is 426 g/mol. The maximum Gasteiger partial charge on any atom is 0.416 e. The van der Waals surface area contributed by atoms with Gasteiger partial charge in [0.2, 0.25) is 0 Å². The van der Waals surface area contributed by atoms with Gasteiger partial charge in [0.15, 0.2) is 0 Å². The zero-order valence-electron chi connectivity index (χ0n) is 18.2. The number of rotatable bonds is 6. The molecule has 0 amide bonds. The van der Waals surface area contributed by atoms with E-state index in [1.54, 1.807) is 30.8 Å². The highest BCUT2D eigenvalue weighted by atomic mass is 19.4. The lowest BCUT2D eigenvalue weighted by Crippen LogP contribution is -2.11. The number of pyridine rings is 1. The van der Waals surface area contributed by atoms with Gasteiger partial charge in [-0.15, -0.1) is 0 Å². The number of aryl methyl sites for hydroxylation is 2. The fourth-order valence-corrected chi connectivity index (χ4v) is 3.57. The van der Waals surface area contributed by atoms with Crippen molar-refractivity contribution in [2.24, 2.45) is 0 Å². The number of aromatic nitrogens is 3. The fourth-order valence-electron chi connectivity index (χ4n) is 3.57. The van der Waals surface area contributed by atoms with Crippen LogP contribution in [-0.2, 0) is 23.8 Å². The van der Waals surface area contributed by atoms with Gasteiger partial charge in [0, 0.05) is 18.3 Å². The van der Waals surface area contributed by atoms with Crippen LogP contribution in [0.4, 0.5) is 17.6 Å². The van der Waals surface area contributed by atoms with Gasteiger partial charge >= 0.3 is 12.1 Å². The Hall–Kier alpha value is -3.23. The van der Waals surface area contributed by atoms with E-state index in [2.05, 4.69) is 10.1 Å². The van der Waals surface area contributed by atoms with Gasteiger partial charge in [-0.05, 0) is 62.6 Å². The van der Waals surface area contributed by atoms with Gasteiger partial charge in [0.25, 0.3) is 0 Å². The summed E-state index contributed by atoms with van der Waals surface area (Å²) in [6, 6.07) is 4.13.